The van der Waals surface area contributed by atoms with Crippen LogP contribution in [0.4, 0.5) is 0 Å². The Balaban J connectivity index is 1.45. The van der Waals surface area contributed by atoms with E-state index in [0.717, 1.165) is 19.3 Å². The molecule has 144 valence electrons. The molecule has 0 saturated heterocycles. The van der Waals surface area contributed by atoms with Crippen molar-refractivity contribution in [1.82, 2.24) is 0 Å². The van der Waals surface area contributed by atoms with Gasteiger partial charge in [-0.05, 0) is 55.4 Å². The summed E-state index contributed by atoms with van der Waals surface area (Å²) < 4.78 is 5.37. The predicted molar refractivity (Wildman–Crippen MR) is 105 cm³/mol. The van der Waals surface area contributed by atoms with E-state index in [0.29, 0.717) is 16.1 Å². The molecule has 5 heteroatoms. The first-order valence-electron chi connectivity index (χ1n) is 9.59. The van der Waals surface area contributed by atoms with Crippen LogP contribution in [-0.2, 0) is 9.53 Å². The molecule has 2 aromatic carbocycles. The normalized spacial score (nSPS) is 25.5. The largest absolute Gasteiger partial charge is 0.457 e. The topological polar surface area (TPSA) is 60.4 Å². The van der Waals surface area contributed by atoms with Gasteiger partial charge in [-0.3, -0.25) is 14.4 Å². The third-order valence-electron chi connectivity index (χ3n) is 6.06. The molecule has 2 saturated carbocycles. The molecule has 2 aliphatic carbocycles. The van der Waals surface area contributed by atoms with Crippen molar-refractivity contribution in [2.24, 2.45) is 23.7 Å². The van der Waals surface area contributed by atoms with Crippen molar-refractivity contribution in [3.63, 3.8) is 0 Å². The Bertz CT molecular complexity index is 891. The van der Waals surface area contributed by atoms with Gasteiger partial charge in [-0.25, -0.2) is 0 Å². The van der Waals surface area contributed by atoms with Gasteiger partial charge in [-0.15, -0.1) is 0 Å². The van der Waals surface area contributed by atoms with Gasteiger partial charge in [0.15, 0.2) is 18.2 Å². The summed E-state index contributed by atoms with van der Waals surface area (Å²) in [6.45, 7) is -0.319. The van der Waals surface area contributed by atoms with Gasteiger partial charge in [-0.2, -0.15) is 0 Å². The lowest BCUT2D eigenvalue weighted by Crippen LogP contribution is -2.36. The van der Waals surface area contributed by atoms with Crippen molar-refractivity contribution >= 4 is 29.1 Å². The Kier molecular flexibility index (Phi) is 5.31. The number of carbonyl (C=O) groups is 3. The minimum atomic E-state index is -0.454. The van der Waals surface area contributed by atoms with Crippen LogP contribution >= 0.6 is 11.6 Å². The molecule has 4 atom stereocenters. The minimum Gasteiger partial charge on any atom is -0.457 e. The van der Waals surface area contributed by atoms with Crippen molar-refractivity contribution in [2.75, 3.05) is 6.61 Å². The van der Waals surface area contributed by atoms with Crippen molar-refractivity contribution in [3.8, 4) is 0 Å². The smallest absolute Gasteiger partial charge is 0.310 e. The van der Waals surface area contributed by atoms with Crippen molar-refractivity contribution in [2.45, 2.75) is 19.3 Å². The van der Waals surface area contributed by atoms with Gasteiger partial charge in [0, 0.05) is 22.1 Å². The molecule has 0 heterocycles. The van der Waals surface area contributed by atoms with Crippen molar-refractivity contribution < 1.29 is 19.1 Å². The van der Waals surface area contributed by atoms with E-state index in [2.05, 4.69) is 0 Å². The predicted octanol–water partition coefficient (Wildman–Crippen LogP) is 4.61. The van der Waals surface area contributed by atoms with E-state index in [1.807, 2.05) is 18.2 Å². The third-order valence-corrected chi connectivity index (χ3v) is 6.31. The van der Waals surface area contributed by atoms with E-state index < -0.39 is 11.9 Å². The molecule has 2 fully saturated rings. The number of halogens is 1. The highest BCUT2D eigenvalue weighted by atomic mass is 35.5. The lowest BCUT2D eigenvalue weighted by Gasteiger charge is -2.28. The molecule has 4 nitrogen and oxygen atoms in total. The highest BCUT2D eigenvalue weighted by Crippen LogP contribution is 2.53. The maximum atomic E-state index is 13.1. The Morgan fingerprint density at radius 3 is 2.18 bits per heavy atom. The van der Waals surface area contributed by atoms with Crippen LogP contribution in [0.2, 0.25) is 5.02 Å². The summed E-state index contributed by atoms with van der Waals surface area (Å²) in [6.07, 6.45) is 2.80. The van der Waals surface area contributed by atoms with Crippen LogP contribution in [0.5, 0.6) is 0 Å². The first kappa shape index (κ1) is 18.9. The van der Waals surface area contributed by atoms with E-state index in [1.54, 1.807) is 36.4 Å². The number of Topliss-reactive ketones (excluding diaryl/α,β-unsaturated/α-hetero) is 2. The van der Waals surface area contributed by atoms with Crippen LogP contribution in [0.25, 0.3) is 0 Å². The standard InChI is InChI=1S/C23H21ClO4/c24-18-10-8-14(9-11-18)19(25)13-28-23(27)21-17-7-6-16(12-17)20(21)22(26)15-4-2-1-3-5-15/h1-5,8-11,16-17,20-21H,6-7,12-13H2. The van der Waals surface area contributed by atoms with E-state index in [-0.39, 0.29) is 35.9 Å². The van der Waals surface area contributed by atoms with Crippen LogP contribution in [0.15, 0.2) is 54.6 Å². The lowest BCUT2D eigenvalue weighted by molar-refractivity contribution is -0.150. The first-order chi connectivity index (χ1) is 13.5. The number of hydrogen-bond acceptors (Lipinski definition) is 4. The minimum absolute atomic E-state index is 0.0128. The summed E-state index contributed by atoms with van der Waals surface area (Å²) in [4.78, 5) is 38.2. The molecule has 0 N–H and O–H groups in total. The summed E-state index contributed by atoms with van der Waals surface area (Å²) in [6, 6.07) is 15.6. The second-order valence-electron chi connectivity index (χ2n) is 7.65. The van der Waals surface area contributed by atoms with Crippen LogP contribution in [0, 0.1) is 23.7 Å². The third kappa shape index (κ3) is 3.61. The summed E-state index contributed by atoms with van der Waals surface area (Å²) >= 11 is 5.83. The maximum absolute atomic E-state index is 13.1. The summed E-state index contributed by atoms with van der Waals surface area (Å²) in [7, 11) is 0. The molecule has 0 amide bonds. The van der Waals surface area contributed by atoms with Gasteiger partial charge in [-0.1, -0.05) is 41.9 Å². The van der Waals surface area contributed by atoms with Crippen LogP contribution in [0.1, 0.15) is 40.0 Å². The number of fused-ring (bicyclic) bond motifs is 2. The highest BCUT2D eigenvalue weighted by molar-refractivity contribution is 6.30. The van der Waals surface area contributed by atoms with Gasteiger partial charge < -0.3 is 4.74 Å². The molecular formula is C23H21ClO4. The fourth-order valence-corrected chi connectivity index (χ4v) is 4.88. The SMILES string of the molecule is O=C(COC(=O)C1C2CCC(C2)C1C(=O)c1ccccc1)c1ccc(Cl)cc1. The fraction of sp³-hybridized carbons (Fsp3) is 0.348. The van der Waals surface area contributed by atoms with Gasteiger partial charge in [0.05, 0.1) is 5.92 Å². The van der Waals surface area contributed by atoms with Gasteiger partial charge in [0.1, 0.15) is 0 Å². The van der Waals surface area contributed by atoms with Crippen molar-refractivity contribution in [1.29, 1.82) is 0 Å². The molecular weight excluding hydrogens is 376 g/mol. The zero-order chi connectivity index (χ0) is 19.7. The quantitative estimate of drug-likeness (QED) is 0.528. The van der Waals surface area contributed by atoms with Gasteiger partial charge in [0.2, 0.25) is 0 Å². The Morgan fingerprint density at radius 1 is 0.857 bits per heavy atom. The molecule has 0 radical (unpaired) electrons. The number of rotatable bonds is 6. The second-order valence-corrected chi connectivity index (χ2v) is 8.09. The van der Waals surface area contributed by atoms with E-state index >= 15 is 0 Å². The Hall–Kier alpha value is -2.46. The molecule has 0 aromatic heterocycles. The summed E-state index contributed by atoms with van der Waals surface area (Å²) in [5, 5.41) is 0.540. The molecule has 28 heavy (non-hydrogen) atoms. The zero-order valence-electron chi connectivity index (χ0n) is 15.3. The average molecular weight is 397 g/mol. The number of benzene rings is 2. The van der Waals surface area contributed by atoms with Crippen LogP contribution in [-0.4, -0.2) is 24.1 Å². The molecule has 0 aliphatic heterocycles. The highest BCUT2D eigenvalue weighted by Gasteiger charge is 2.54. The Morgan fingerprint density at radius 2 is 1.50 bits per heavy atom. The zero-order valence-corrected chi connectivity index (χ0v) is 16.1. The number of esters is 1. The number of hydrogen-bond donors (Lipinski definition) is 0. The monoisotopic (exact) mass is 396 g/mol. The van der Waals surface area contributed by atoms with E-state index in [1.165, 1.54) is 0 Å². The second kappa shape index (κ2) is 7.88. The molecule has 2 bridgehead atoms. The Labute approximate surface area is 168 Å². The van der Waals surface area contributed by atoms with E-state index in [9.17, 15) is 14.4 Å². The average Bonchev–Trinajstić information content (AvgIpc) is 3.34. The molecule has 4 unspecified atom stereocenters. The maximum Gasteiger partial charge on any atom is 0.310 e. The van der Waals surface area contributed by atoms with Crippen LogP contribution < -0.4 is 0 Å². The van der Waals surface area contributed by atoms with E-state index in [4.69, 9.17) is 16.3 Å². The van der Waals surface area contributed by atoms with Crippen molar-refractivity contribution in [3.05, 3.63) is 70.7 Å². The molecule has 0 spiro atoms. The fourth-order valence-electron chi connectivity index (χ4n) is 4.75. The number of ether oxygens (including phenoxy) is 1. The molecule has 4 rings (SSSR count). The number of carbonyl (C=O) groups excluding carboxylic acids is 3. The van der Waals surface area contributed by atoms with Crippen LogP contribution in [0.3, 0.4) is 0 Å². The van der Waals surface area contributed by atoms with Gasteiger partial charge >= 0.3 is 5.97 Å². The lowest BCUT2D eigenvalue weighted by atomic mass is 9.75. The number of ketones is 2. The summed E-state index contributed by atoms with van der Waals surface area (Å²) in [5.74, 6) is -1.10. The summed E-state index contributed by atoms with van der Waals surface area (Å²) in [5.41, 5.74) is 1.08. The molecule has 2 aliphatic rings. The van der Waals surface area contributed by atoms with Gasteiger partial charge in [0.25, 0.3) is 0 Å². The molecule has 2 aromatic rings. The first-order valence-corrected chi connectivity index (χ1v) is 9.97.